The van der Waals surface area contributed by atoms with Gasteiger partial charge in [0.05, 0.1) is 7.11 Å². The third-order valence-corrected chi connectivity index (χ3v) is 3.12. The minimum absolute atomic E-state index is 0.361. The molecule has 5 heteroatoms. The number of nitrogens with one attached hydrogen (secondary N) is 2. The van der Waals surface area contributed by atoms with Crippen LogP contribution in [-0.4, -0.2) is 18.9 Å². The monoisotopic (exact) mass is 310 g/mol. The van der Waals surface area contributed by atoms with Crippen LogP contribution < -0.4 is 15.6 Å². The summed E-state index contributed by atoms with van der Waals surface area (Å²) in [6, 6.07) is 14.4. The number of ether oxygens (including phenoxy) is 1. The quantitative estimate of drug-likeness (QED) is 0.673. The normalized spacial score (nSPS) is 10.3. The molecule has 118 valence electrons. The van der Waals surface area contributed by atoms with E-state index in [9.17, 15) is 9.59 Å². The predicted octanol–water partition coefficient (Wildman–Crippen LogP) is 2.48. The molecule has 0 aliphatic heterocycles. The summed E-state index contributed by atoms with van der Waals surface area (Å²) in [5.41, 5.74) is 7.03. The van der Waals surface area contributed by atoms with E-state index < -0.39 is 5.91 Å². The first-order valence-electron chi connectivity index (χ1n) is 7.07. The van der Waals surface area contributed by atoms with Crippen molar-refractivity contribution in [2.45, 2.75) is 6.92 Å². The maximum atomic E-state index is 11.9. The van der Waals surface area contributed by atoms with Gasteiger partial charge in [-0.15, -0.1) is 0 Å². The Morgan fingerprint density at radius 2 is 1.78 bits per heavy atom. The van der Waals surface area contributed by atoms with Crippen LogP contribution in [0.1, 0.15) is 21.5 Å². The van der Waals surface area contributed by atoms with E-state index in [2.05, 4.69) is 10.9 Å². The molecule has 5 nitrogen and oxygen atoms in total. The third kappa shape index (κ3) is 5.00. The number of hydrazine groups is 1. The highest BCUT2D eigenvalue weighted by Gasteiger charge is 2.05. The minimum atomic E-state index is -0.415. The van der Waals surface area contributed by atoms with E-state index in [1.54, 1.807) is 43.5 Å². The summed E-state index contributed by atoms with van der Waals surface area (Å²) in [6.45, 7) is 1.90. The number of aryl methyl sites for hydroxylation is 1. The Balaban J connectivity index is 1.86. The molecule has 0 atom stereocenters. The lowest BCUT2D eigenvalue weighted by Gasteiger charge is -2.05. The zero-order valence-electron chi connectivity index (χ0n) is 13.0. The van der Waals surface area contributed by atoms with Gasteiger partial charge in [-0.25, -0.2) is 0 Å². The van der Waals surface area contributed by atoms with E-state index in [-0.39, 0.29) is 5.91 Å². The van der Waals surface area contributed by atoms with Gasteiger partial charge < -0.3 is 4.74 Å². The van der Waals surface area contributed by atoms with Crippen LogP contribution in [-0.2, 0) is 4.79 Å². The van der Waals surface area contributed by atoms with Crippen molar-refractivity contribution < 1.29 is 14.3 Å². The van der Waals surface area contributed by atoms with Gasteiger partial charge in [0.15, 0.2) is 0 Å². The summed E-state index contributed by atoms with van der Waals surface area (Å²) in [5.74, 6) is -0.0289. The van der Waals surface area contributed by atoms with Crippen molar-refractivity contribution >= 4 is 17.9 Å². The fraction of sp³-hybridized carbons (Fsp3) is 0.111. The van der Waals surface area contributed by atoms with Crippen LogP contribution in [0.3, 0.4) is 0 Å². The van der Waals surface area contributed by atoms with E-state index in [0.29, 0.717) is 5.56 Å². The molecule has 0 bridgehead atoms. The van der Waals surface area contributed by atoms with Crippen LogP contribution in [0, 0.1) is 6.92 Å². The maximum Gasteiger partial charge on any atom is 0.269 e. The molecule has 2 rings (SSSR count). The molecule has 0 fully saturated rings. The first kappa shape index (κ1) is 16.3. The van der Waals surface area contributed by atoms with Gasteiger partial charge in [0, 0.05) is 11.6 Å². The van der Waals surface area contributed by atoms with Crippen LogP contribution >= 0.6 is 0 Å². The molecule has 0 saturated carbocycles. The Morgan fingerprint density at radius 3 is 2.43 bits per heavy atom. The Bertz CT molecular complexity index is 721. The van der Waals surface area contributed by atoms with Gasteiger partial charge in [-0.1, -0.05) is 29.8 Å². The largest absolute Gasteiger partial charge is 0.497 e. The molecule has 23 heavy (non-hydrogen) atoms. The SMILES string of the molecule is COc1ccc(C=CC(=O)NNC(=O)c2cccc(C)c2)cc1. The van der Waals surface area contributed by atoms with Crippen molar-refractivity contribution in [3.8, 4) is 5.75 Å². The van der Waals surface area contributed by atoms with Crippen LogP contribution in [0.2, 0.25) is 0 Å². The molecular formula is C18H18N2O3. The Morgan fingerprint density at radius 1 is 1.04 bits per heavy atom. The van der Waals surface area contributed by atoms with Gasteiger partial charge in [0.2, 0.25) is 0 Å². The van der Waals surface area contributed by atoms with Crippen molar-refractivity contribution in [1.29, 1.82) is 0 Å². The molecule has 0 aromatic heterocycles. The predicted molar refractivity (Wildman–Crippen MR) is 88.8 cm³/mol. The number of carbonyl (C=O) groups is 2. The molecule has 0 saturated heterocycles. The second kappa shape index (κ2) is 7.79. The molecule has 2 aromatic carbocycles. The molecule has 0 aliphatic carbocycles. The van der Waals surface area contributed by atoms with Crippen molar-refractivity contribution in [3.63, 3.8) is 0 Å². The van der Waals surface area contributed by atoms with E-state index in [4.69, 9.17) is 4.74 Å². The fourth-order valence-electron chi connectivity index (χ4n) is 1.91. The first-order valence-corrected chi connectivity index (χ1v) is 7.07. The van der Waals surface area contributed by atoms with E-state index in [1.165, 1.54) is 6.08 Å². The summed E-state index contributed by atoms with van der Waals surface area (Å²) in [7, 11) is 1.59. The lowest BCUT2D eigenvalue weighted by Crippen LogP contribution is -2.40. The molecule has 0 radical (unpaired) electrons. The molecule has 0 aliphatic rings. The van der Waals surface area contributed by atoms with E-state index >= 15 is 0 Å². The molecule has 0 heterocycles. The molecule has 2 amide bonds. The second-order valence-corrected chi connectivity index (χ2v) is 4.92. The third-order valence-electron chi connectivity index (χ3n) is 3.12. The van der Waals surface area contributed by atoms with Crippen molar-refractivity contribution in [2.75, 3.05) is 7.11 Å². The number of carbonyl (C=O) groups excluding carboxylic acids is 2. The number of hydrogen-bond acceptors (Lipinski definition) is 3. The molecular weight excluding hydrogens is 292 g/mol. The van der Waals surface area contributed by atoms with Gasteiger partial charge in [0.1, 0.15) is 5.75 Å². The highest BCUT2D eigenvalue weighted by molar-refractivity contribution is 5.98. The lowest BCUT2D eigenvalue weighted by atomic mass is 10.1. The summed E-state index contributed by atoms with van der Waals surface area (Å²) in [4.78, 5) is 23.6. The highest BCUT2D eigenvalue weighted by atomic mass is 16.5. The molecule has 0 spiro atoms. The van der Waals surface area contributed by atoms with Gasteiger partial charge >= 0.3 is 0 Å². The highest BCUT2D eigenvalue weighted by Crippen LogP contribution is 2.12. The average molecular weight is 310 g/mol. The van der Waals surface area contributed by atoms with Gasteiger partial charge in [-0.2, -0.15) is 0 Å². The molecule has 2 N–H and O–H groups in total. The van der Waals surface area contributed by atoms with Crippen LogP contribution in [0.15, 0.2) is 54.6 Å². The zero-order valence-corrected chi connectivity index (χ0v) is 13.0. The van der Waals surface area contributed by atoms with Crippen molar-refractivity contribution in [2.24, 2.45) is 0 Å². The first-order chi connectivity index (χ1) is 11.1. The van der Waals surface area contributed by atoms with Crippen LogP contribution in [0.25, 0.3) is 6.08 Å². The van der Waals surface area contributed by atoms with Crippen molar-refractivity contribution in [1.82, 2.24) is 10.9 Å². The van der Waals surface area contributed by atoms with Gasteiger partial charge in [0.25, 0.3) is 11.8 Å². The smallest absolute Gasteiger partial charge is 0.269 e. The van der Waals surface area contributed by atoms with Crippen LogP contribution in [0.5, 0.6) is 5.75 Å². The fourth-order valence-corrected chi connectivity index (χ4v) is 1.91. The van der Waals surface area contributed by atoms with Crippen LogP contribution in [0.4, 0.5) is 0 Å². The summed E-state index contributed by atoms with van der Waals surface area (Å²) >= 11 is 0. The summed E-state index contributed by atoms with van der Waals surface area (Å²) in [6.07, 6.45) is 2.99. The number of rotatable bonds is 4. The second-order valence-electron chi connectivity index (χ2n) is 4.92. The average Bonchev–Trinajstić information content (AvgIpc) is 2.58. The Labute approximate surface area is 134 Å². The summed E-state index contributed by atoms with van der Waals surface area (Å²) < 4.78 is 5.06. The molecule has 0 unspecified atom stereocenters. The standard InChI is InChI=1S/C18H18N2O3/c1-13-4-3-5-15(12-13)18(22)20-19-17(21)11-8-14-6-9-16(23-2)10-7-14/h3-12H,1-2H3,(H,19,21)(H,20,22). The van der Waals surface area contributed by atoms with Crippen molar-refractivity contribution in [3.05, 3.63) is 71.3 Å². The zero-order chi connectivity index (χ0) is 16.7. The van der Waals surface area contributed by atoms with Gasteiger partial charge in [-0.3, -0.25) is 20.4 Å². The summed E-state index contributed by atoms with van der Waals surface area (Å²) in [5, 5.41) is 0. The number of amides is 2. The Hall–Kier alpha value is -3.08. The maximum absolute atomic E-state index is 11.9. The van der Waals surface area contributed by atoms with Gasteiger partial charge in [-0.05, 0) is 42.8 Å². The Kier molecular flexibility index (Phi) is 5.52. The number of benzene rings is 2. The number of hydrogen-bond donors (Lipinski definition) is 2. The molecule has 2 aromatic rings. The lowest BCUT2D eigenvalue weighted by molar-refractivity contribution is -0.117. The van der Waals surface area contributed by atoms with E-state index in [0.717, 1.165) is 16.9 Å². The topological polar surface area (TPSA) is 67.4 Å². The van der Waals surface area contributed by atoms with E-state index in [1.807, 2.05) is 25.1 Å². The number of methoxy groups -OCH3 is 1. The minimum Gasteiger partial charge on any atom is -0.497 e.